The summed E-state index contributed by atoms with van der Waals surface area (Å²) in [5.41, 5.74) is 6.42. The first kappa shape index (κ1) is 13.8. The highest BCUT2D eigenvalue weighted by Crippen LogP contribution is 2.26. The lowest BCUT2D eigenvalue weighted by atomic mass is 10.2. The van der Waals surface area contributed by atoms with Crippen LogP contribution in [0.2, 0.25) is 0 Å². The standard InChI is InChI=1S/C11H14BrFN2O2/c1-3-17-11(16)6(2)15-10-5-8(13)7(12)4-9(10)14/h4-6,15H,3,14H2,1-2H3. The summed E-state index contributed by atoms with van der Waals surface area (Å²) in [6.45, 7) is 3.64. The number of anilines is 2. The third-order valence-electron chi connectivity index (χ3n) is 2.10. The highest BCUT2D eigenvalue weighted by atomic mass is 79.9. The monoisotopic (exact) mass is 304 g/mol. The number of ether oxygens (including phenoxy) is 1. The summed E-state index contributed by atoms with van der Waals surface area (Å²) in [4.78, 5) is 11.4. The third-order valence-corrected chi connectivity index (χ3v) is 2.71. The van der Waals surface area contributed by atoms with Crippen LogP contribution in [0.1, 0.15) is 13.8 Å². The first-order valence-electron chi connectivity index (χ1n) is 5.13. The van der Waals surface area contributed by atoms with Gasteiger partial charge in [-0.3, -0.25) is 0 Å². The Morgan fingerprint density at radius 1 is 1.65 bits per heavy atom. The lowest BCUT2D eigenvalue weighted by Gasteiger charge is -2.15. The lowest BCUT2D eigenvalue weighted by Crippen LogP contribution is -2.28. The van der Waals surface area contributed by atoms with Crippen LogP contribution in [0, 0.1) is 5.82 Å². The number of rotatable bonds is 4. The summed E-state index contributed by atoms with van der Waals surface area (Å²) in [6.07, 6.45) is 0. The van der Waals surface area contributed by atoms with Gasteiger partial charge in [0.25, 0.3) is 0 Å². The molecule has 0 spiro atoms. The Labute approximate surface area is 107 Å². The van der Waals surface area contributed by atoms with E-state index in [1.54, 1.807) is 13.8 Å². The van der Waals surface area contributed by atoms with Crippen molar-refractivity contribution in [2.45, 2.75) is 19.9 Å². The van der Waals surface area contributed by atoms with Crippen LogP contribution in [-0.2, 0) is 9.53 Å². The number of benzene rings is 1. The van der Waals surface area contributed by atoms with Gasteiger partial charge in [0.05, 0.1) is 22.5 Å². The molecule has 0 fully saturated rings. The van der Waals surface area contributed by atoms with Gasteiger partial charge >= 0.3 is 5.97 Å². The highest BCUT2D eigenvalue weighted by Gasteiger charge is 2.15. The van der Waals surface area contributed by atoms with Crippen molar-refractivity contribution in [2.24, 2.45) is 0 Å². The van der Waals surface area contributed by atoms with Gasteiger partial charge in [-0.2, -0.15) is 0 Å². The van der Waals surface area contributed by atoms with Crippen molar-refractivity contribution in [2.75, 3.05) is 17.7 Å². The second kappa shape index (κ2) is 5.86. The topological polar surface area (TPSA) is 64.3 Å². The Bertz CT molecular complexity index is 426. The number of hydrogen-bond acceptors (Lipinski definition) is 4. The lowest BCUT2D eigenvalue weighted by molar-refractivity contribution is -0.143. The van der Waals surface area contributed by atoms with E-state index in [1.165, 1.54) is 12.1 Å². The van der Waals surface area contributed by atoms with E-state index >= 15 is 0 Å². The molecule has 0 heterocycles. The predicted molar refractivity (Wildman–Crippen MR) is 68.2 cm³/mol. The van der Waals surface area contributed by atoms with Gasteiger partial charge in [0, 0.05) is 6.07 Å². The summed E-state index contributed by atoms with van der Waals surface area (Å²) in [5, 5.41) is 2.80. The van der Waals surface area contributed by atoms with Gasteiger partial charge in [0.15, 0.2) is 0 Å². The normalized spacial score (nSPS) is 12.0. The summed E-state index contributed by atoms with van der Waals surface area (Å²) >= 11 is 3.03. The molecule has 1 atom stereocenters. The molecule has 3 N–H and O–H groups in total. The SMILES string of the molecule is CCOC(=O)C(C)Nc1cc(F)c(Br)cc1N. The van der Waals surface area contributed by atoms with Crippen molar-refractivity contribution in [1.82, 2.24) is 0 Å². The fourth-order valence-corrected chi connectivity index (χ4v) is 1.61. The summed E-state index contributed by atoms with van der Waals surface area (Å²) in [7, 11) is 0. The van der Waals surface area contributed by atoms with Gasteiger partial charge in [0.2, 0.25) is 0 Å². The average molecular weight is 305 g/mol. The van der Waals surface area contributed by atoms with E-state index in [0.717, 1.165) is 0 Å². The largest absolute Gasteiger partial charge is 0.464 e. The van der Waals surface area contributed by atoms with E-state index in [0.29, 0.717) is 18.0 Å². The van der Waals surface area contributed by atoms with Crippen molar-refractivity contribution in [3.8, 4) is 0 Å². The molecule has 0 saturated heterocycles. The second-order valence-electron chi connectivity index (χ2n) is 3.47. The van der Waals surface area contributed by atoms with E-state index < -0.39 is 17.8 Å². The molecule has 0 amide bonds. The number of hydrogen-bond donors (Lipinski definition) is 2. The molecule has 1 aromatic carbocycles. The minimum atomic E-state index is -0.585. The molecule has 0 radical (unpaired) electrons. The Hall–Kier alpha value is -1.30. The molecule has 6 heteroatoms. The number of carbonyl (C=O) groups is 1. The zero-order valence-electron chi connectivity index (χ0n) is 9.59. The smallest absolute Gasteiger partial charge is 0.328 e. The summed E-state index contributed by atoms with van der Waals surface area (Å²) in [6, 6.07) is 2.09. The minimum absolute atomic E-state index is 0.282. The van der Waals surface area contributed by atoms with Crippen LogP contribution >= 0.6 is 15.9 Å². The predicted octanol–water partition coefficient (Wildman–Crippen LogP) is 2.53. The van der Waals surface area contributed by atoms with Crippen LogP contribution in [0.3, 0.4) is 0 Å². The molecule has 94 valence electrons. The van der Waals surface area contributed by atoms with Crippen LogP contribution in [0.25, 0.3) is 0 Å². The van der Waals surface area contributed by atoms with Crippen molar-refractivity contribution in [3.63, 3.8) is 0 Å². The Morgan fingerprint density at radius 3 is 2.88 bits per heavy atom. The molecule has 4 nitrogen and oxygen atoms in total. The van der Waals surface area contributed by atoms with Gasteiger partial charge in [-0.15, -0.1) is 0 Å². The zero-order valence-corrected chi connectivity index (χ0v) is 11.2. The number of esters is 1. The molecule has 1 aromatic rings. The molecule has 0 saturated carbocycles. The van der Waals surface area contributed by atoms with Crippen molar-refractivity contribution >= 4 is 33.3 Å². The first-order valence-corrected chi connectivity index (χ1v) is 5.92. The highest BCUT2D eigenvalue weighted by molar-refractivity contribution is 9.10. The molecule has 1 unspecified atom stereocenters. The maximum Gasteiger partial charge on any atom is 0.328 e. The molecule has 0 aliphatic heterocycles. The van der Waals surface area contributed by atoms with Gasteiger partial charge in [-0.25, -0.2) is 9.18 Å². The number of nitrogen functional groups attached to an aromatic ring is 1. The molecule has 0 aliphatic carbocycles. The van der Waals surface area contributed by atoms with Crippen LogP contribution < -0.4 is 11.1 Å². The molecular formula is C11H14BrFN2O2. The van der Waals surface area contributed by atoms with Crippen molar-refractivity contribution in [3.05, 3.63) is 22.4 Å². The molecule has 1 rings (SSSR count). The fraction of sp³-hybridized carbons (Fsp3) is 0.364. The second-order valence-corrected chi connectivity index (χ2v) is 4.33. The van der Waals surface area contributed by atoms with Gasteiger partial charge in [-0.1, -0.05) is 0 Å². The molecule has 0 bridgehead atoms. The van der Waals surface area contributed by atoms with Crippen molar-refractivity contribution < 1.29 is 13.9 Å². The van der Waals surface area contributed by atoms with Gasteiger partial charge in [-0.05, 0) is 35.8 Å². The Kier molecular flexibility index (Phi) is 4.74. The average Bonchev–Trinajstić information content (AvgIpc) is 2.26. The maximum atomic E-state index is 13.3. The van der Waals surface area contributed by atoms with Crippen LogP contribution in [-0.4, -0.2) is 18.6 Å². The van der Waals surface area contributed by atoms with Gasteiger partial charge < -0.3 is 15.8 Å². The maximum absolute atomic E-state index is 13.3. The Morgan fingerprint density at radius 2 is 2.29 bits per heavy atom. The van der Waals surface area contributed by atoms with E-state index in [9.17, 15) is 9.18 Å². The van der Waals surface area contributed by atoms with Gasteiger partial charge in [0.1, 0.15) is 11.9 Å². The molecule has 0 aliphatic rings. The molecule has 17 heavy (non-hydrogen) atoms. The minimum Gasteiger partial charge on any atom is -0.464 e. The number of halogens is 2. The van der Waals surface area contributed by atoms with E-state index in [4.69, 9.17) is 10.5 Å². The van der Waals surface area contributed by atoms with Crippen LogP contribution in [0.5, 0.6) is 0 Å². The molecular weight excluding hydrogens is 291 g/mol. The van der Waals surface area contributed by atoms with Crippen molar-refractivity contribution in [1.29, 1.82) is 0 Å². The zero-order chi connectivity index (χ0) is 13.0. The quantitative estimate of drug-likeness (QED) is 0.663. The summed E-state index contributed by atoms with van der Waals surface area (Å²) in [5.74, 6) is -0.854. The Balaban J connectivity index is 2.81. The van der Waals surface area contributed by atoms with Crippen LogP contribution in [0.15, 0.2) is 16.6 Å². The third kappa shape index (κ3) is 3.59. The fourth-order valence-electron chi connectivity index (χ4n) is 1.25. The summed E-state index contributed by atoms with van der Waals surface area (Å²) < 4.78 is 18.4. The number of carbonyl (C=O) groups excluding carboxylic acids is 1. The van der Waals surface area contributed by atoms with E-state index in [2.05, 4.69) is 21.2 Å². The number of nitrogens with one attached hydrogen (secondary N) is 1. The van der Waals surface area contributed by atoms with E-state index in [1.807, 2.05) is 0 Å². The molecule has 0 aromatic heterocycles. The number of nitrogens with two attached hydrogens (primary N) is 1. The van der Waals surface area contributed by atoms with Crippen LogP contribution in [0.4, 0.5) is 15.8 Å². The first-order chi connectivity index (χ1) is 7.95. The van der Waals surface area contributed by atoms with E-state index in [-0.39, 0.29) is 4.47 Å².